The lowest BCUT2D eigenvalue weighted by atomic mass is 9.52. The zero-order valence-corrected chi connectivity index (χ0v) is 16.8. The summed E-state index contributed by atoms with van der Waals surface area (Å²) in [7, 11) is 2.08. The number of rotatable bonds is 4. The molecule has 0 saturated heterocycles. The van der Waals surface area contributed by atoms with E-state index in [1.54, 1.807) is 0 Å². The zero-order valence-electron chi connectivity index (χ0n) is 16.8. The maximum Gasteiger partial charge on any atom is 0.244 e. The van der Waals surface area contributed by atoms with Crippen molar-refractivity contribution in [1.82, 2.24) is 10.2 Å². The van der Waals surface area contributed by atoms with Crippen molar-refractivity contribution >= 4 is 5.91 Å². The normalized spacial score (nSPS) is 33.9. The first-order valence-corrected chi connectivity index (χ1v) is 10.4. The lowest BCUT2D eigenvalue weighted by Crippen LogP contribution is -2.62. The van der Waals surface area contributed by atoms with Gasteiger partial charge in [-0.1, -0.05) is 30.3 Å². The van der Waals surface area contributed by atoms with Crippen LogP contribution in [-0.2, 0) is 4.79 Å². The van der Waals surface area contributed by atoms with Crippen molar-refractivity contribution in [3.05, 3.63) is 35.9 Å². The molecule has 0 aliphatic heterocycles. The van der Waals surface area contributed by atoms with E-state index in [9.17, 15) is 4.79 Å². The third kappa shape index (κ3) is 3.31. The van der Waals surface area contributed by atoms with Gasteiger partial charge in [-0.2, -0.15) is 0 Å². The molecule has 4 aliphatic carbocycles. The van der Waals surface area contributed by atoms with E-state index in [0.29, 0.717) is 0 Å². The van der Waals surface area contributed by atoms with Gasteiger partial charge < -0.3 is 4.90 Å². The first-order chi connectivity index (χ1) is 12.3. The van der Waals surface area contributed by atoms with Crippen LogP contribution in [0, 0.1) is 17.8 Å². The summed E-state index contributed by atoms with van der Waals surface area (Å²) >= 11 is 0. The molecule has 26 heavy (non-hydrogen) atoms. The predicted octanol–water partition coefficient (Wildman–Crippen LogP) is 4.54. The number of hydrogen-bond acceptors (Lipinski definition) is 2. The zero-order chi connectivity index (χ0) is 18.5. The maximum absolute atomic E-state index is 13.7. The summed E-state index contributed by atoms with van der Waals surface area (Å²) in [5.74, 6) is 2.79. The number of benzene rings is 1. The van der Waals surface area contributed by atoms with E-state index < -0.39 is 0 Å². The van der Waals surface area contributed by atoms with Crippen molar-refractivity contribution in [2.24, 2.45) is 17.8 Å². The number of nitrogens with one attached hydrogen (secondary N) is 1. The number of nitrogens with zero attached hydrogens (tertiary/aromatic N) is 1. The Kier molecular flexibility index (Phi) is 4.42. The molecular formula is C23H34N2O. The largest absolute Gasteiger partial charge is 0.338 e. The van der Waals surface area contributed by atoms with Gasteiger partial charge in [0.2, 0.25) is 5.91 Å². The smallest absolute Gasteiger partial charge is 0.244 e. The standard InChI is InChI=1S/C23H34N2O/c1-22(2,3)24-20(19-8-6-5-7-9-19)21(26)25(4)23-13-16-10-17(14-23)12-18(11-16)15-23/h5-9,16-18,20,24H,10-15H2,1-4H3. The molecule has 1 amide bonds. The topological polar surface area (TPSA) is 32.3 Å². The third-order valence-electron chi connectivity index (χ3n) is 7.01. The SMILES string of the molecule is CN(C(=O)C(NC(C)(C)C)c1ccccc1)C12CC3CC(CC(C3)C1)C2. The summed E-state index contributed by atoms with van der Waals surface area (Å²) in [5.41, 5.74) is 1.07. The monoisotopic (exact) mass is 354 g/mol. The quantitative estimate of drug-likeness (QED) is 0.861. The number of likely N-dealkylation sites (N-methyl/N-ethyl adjacent to an activating group) is 1. The van der Waals surface area contributed by atoms with Crippen LogP contribution in [0.15, 0.2) is 30.3 Å². The Morgan fingerprint density at radius 1 is 1.04 bits per heavy atom. The van der Waals surface area contributed by atoms with E-state index in [1.807, 2.05) is 18.2 Å². The second-order valence-electron chi connectivity index (χ2n) is 10.3. The summed E-state index contributed by atoms with van der Waals surface area (Å²) in [6.07, 6.45) is 7.88. The first-order valence-electron chi connectivity index (χ1n) is 10.4. The minimum absolute atomic E-state index is 0.110. The minimum Gasteiger partial charge on any atom is -0.338 e. The van der Waals surface area contributed by atoms with E-state index in [4.69, 9.17) is 0 Å². The average Bonchev–Trinajstić information content (AvgIpc) is 2.57. The molecule has 142 valence electrons. The highest BCUT2D eigenvalue weighted by molar-refractivity contribution is 5.84. The fourth-order valence-corrected chi connectivity index (χ4v) is 6.27. The van der Waals surface area contributed by atoms with Crippen LogP contribution in [0.25, 0.3) is 0 Å². The number of carbonyl (C=O) groups is 1. The molecule has 1 N–H and O–H groups in total. The van der Waals surface area contributed by atoms with Gasteiger partial charge in [0.05, 0.1) is 0 Å². The summed E-state index contributed by atoms with van der Waals surface area (Å²) in [4.78, 5) is 15.9. The first kappa shape index (κ1) is 18.0. The second kappa shape index (κ2) is 6.37. The molecule has 3 heteroatoms. The van der Waals surface area contributed by atoms with Crippen molar-refractivity contribution < 1.29 is 4.79 Å². The molecule has 3 nitrogen and oxygen atoms in total. The molecule has 4 bridgehead atoms. The number of hydrogen-bond donors (Lipinski definition) is 1. The van der Waals surface area contributed by atoms with Crippen LogP contribution in [0.4, 0.5) is 0 Å². The molecule has 5 rings (SSSR count). The van der Waals surface area contributed by atoms with E-state index in [-0.39, 0.29) is 23.0 Å². The van der Waals surface area contributed by atoms with Crippen LogP contribution in [0.1, 0.15) is 70.9 Å². The van der Waals surface area contributed by atoms with Gasteiger partial charge in [-0.3, -0.25) is 10.1 Å². The summed E-state index contributed by atoms with van der Waals surface area (Å²) in [5, 5.41) is 3.59. The van der Waals surface area contributed by atoms with Crippen LogP contribution in [0.2, 0.25) is 0 Å². The molecule has 1 atom stereocenters. The molecule has 1 aromatic carbocycles. The third-order valence-corrected chi connectivity index (χ3v) is 7.01. The number of amides is 1. The van der Waals surface area contributed by atoms with Crippen molar-refractivity contribution in [3.63, 3.8) is 0 Å². The highest BCUT2D eigenvalue weighted by Gasteiger charge is 2.54. The second-order valence-corrected chi connectivity index (χ2v) is 10.3. The van der Waals surface area contributed by atoms with Crippen LogP contribution in [-0.4, -0.2) is 28.9 Å². The molecule has 1 aromatic rings. The van der Waals surface area contributed by atoms with Gasteiger partial charge in [0.15, 0.2) is 0 Å². The highest BCUT2D eigenvalue weighted by Crippen LogP contribution is 2.57. The van der Waals surface area contributed by atoms with Crippen molar-refractivity contribution in [2.45, 2.75) is 76.4 Å². The van der Waals surface area contributed by atoms with Crippen LogP contribution < -0.4 is 5.32 Å². The molecule has 0 spiro atoms. The molecule has 4 fully saturated rings. The van der Waals surface area contributed by atoms with Gasteiger partial charge in [0.1, 0.15) is 6.04 Å². The lowest BCUT2D eigenvalue weighted by Gasteiger charge is -2.60. The van der Waals surface area contributed by atoms with Crippen LogP contribution in [0.3, 0.4) is 0 Å². The Hall–Kier alpha value is -1.35. The Morgan fingerprint density at radius 3 is 2.00 bits per heavy atom. The van der Waals surface area contributed by atoms with E-state index in [2.05, 4.69) is 50.2 Å². The van der Waals surface area contributed by atoms with E-state index >= 15 is 0 Å². The maximum atomic E-state index is 13.7. The van der Waals surface area contributed by atoms with E-state index in [1.165, 1.54) is 38.5 Å². The molecule has 0 heterocycles. The van der Waals surface area contributed by atoms with Crippen LogP contribution >= 0.6 is 0 Å². The Bertz CT molecular complexity index is 625. The molecular weight excluding hydrogens is 320 g/mol. The van der Waals surface area contributed by atoms with Gasteiger partial charge in [0.25, 0.3) is 0 Å². The van der Waals surface area contributed by atoms with Gasteiger partial charge in [-0.15, -0.1) is 0 Å². The van der Waals surface area contributed by atoms with Gasteiger partial charge in [-0.25, -0.2) is 0 Å². The minimum atomic E-state index is -0.269. The number of carbonyl (C=O) groups excluding carboxylic acids is 1. The lowest BCUT2D eigenvalue weighted by molar-refractivity contribution is -0.150. The molecule has 4 saturated carbocycles. The summed E-state index contributed by atoms with van der Waals surface area (Å²) in [6, 6.07) is 9.97. The fraction of sp³-hybridized carbons (Fsp3) is 0.696. The van der Waals surface area contributed by atoms with Crippen molar-refractivity contribution in [1.29, 1.82) is 0 Å². The Balaban J connectivity index is 1.61. The Morgan fingerprint density at radius 2 is 1.54 bits per heavy atom. The predicted molar refractivity (Wildman–Crippen MR) is 106 cm³/mol. The summed E-state index contributed by atoms with van der Waals surface area (Å²) < 4.78 is 0. The summed E-state index contributed by atoms with van der Waals surface area (Å²) in [6.45, 7) is 6.42. The highest BCUT2D eigenvalue weighted by atomic mass is 16.2. The fourth-order valence-electron chi connectivity index (χ4n) is 6.27. The van der Waals surface area contributed by atoms with Crippen molar-refractivity contribution in [3.8, 4) is 0 Å². The van der Waals surface area contributed by atoms with Crippen LogP contribution in [0.5, 0.6) is 0 Å². The molecule has 0 aromatic heterocycles. The average molecular weight is 355 g/mol. The van der Waals surface area contributed by atoms with Gasteiger partial charge in [0, 0.05) is 18.1 Å². The van der Waals surface area contributed by atoms with Gasteiger partial charge >= 0.3 is 0 Å². The van der Waals surface area contributed by atoms with E-state index in [0.717, 1.165) is 23.3 Å². The van der Waals surface area contributed by atoms with Gasteiger partial charge in [-0.05, 0) is 82.6 Å². The molecule has 1 unspecified atom stereocenters. The molecule has 4 aliphatic rings. The van der Waals surface area contributed by atoms with Crippen molar-refractivity contribution in [2.75, 3.05) is 7.05 Å². The Labute approximate surface area is 158 Å². The molecule has 0 radical (unpaired) electrons.